The van der Waals surface area contributed by atoms with Gasteiger partial charge in [0.05, 0.1) is 0 Å². The van der Waals surface area contributed by atoms with E-state index in [-0.39, 0.29) is 17.1 Å². The van der Waals surface area contributed by atoms with Gasteiger partial charge in [-0.05, 0) is 19.1 Å². The number of ketones is 1. The van der Waals surface area contributed by atoms with Gasteiger partial charge in [0.15, 0.2) is 5.78 Å². The third kappa shape index (κ3) is 3.35. The van der Waals surface area contributed by atoms with Gasteiger partial charge in [-0.15, -0.1) is 24.2 Å². The second kappa shape index (κ2) is 5.50. The molecule has 0 aliphatic heterocycles. The molecule has 0 aromatic heterocycles. The minimum Gasteiger partial charge on any atom is -0.434 e. The second-order valence-electron chi connectivity index (χ2n) is 3.07. The van der Waals surface area contributed by atoms with Crippen molar-refractivity contribution in [3.63, 3.8) is 0 Å². The molecule has 1 atom stereocenters. The van der Waals surface area contributed by atoms with Crippen LogP contribution in [-0.4, -0.2) is 12.4 Å². The van der Waals surface area contributed by atoms with Gasteiger partial charge in [0.25, 0.3) is 0 Å². The molecule has 88 valence electrons. The Morgan fingerprint density at radius 2 is 2.12 bits per heavy atom. The second-order valence-corrected chi connectivity index (χ2v) is 4.03. The Labute approximate surface area is 102 Å². The van der Waals surface area contributed by atoms with Crippen molar-refractivity contribution in [2.75, 3.05) is 0 Å². The fourth-order valence-electron chi connectivity index (χ4n) is 1.15. The van der Waals surface area contributed by atoms with Crippen molar-refractivity contribution < 1.29 is 18.3 Å². The molecule has 0 aliphatic carbocycles. The van der Waals surface area contributed by atoms with E-state index in [4.69, 9.17) is 11.6 Å². The van der Waals surface area contributed by atoms with Crippen LogP contribution in [0.25, 0.3) is 0 Å². The standard InChI is InChI=1S/C10H9ClF2O2S/c1-5(14)9(11)7-3-2-6(16)4-8(7)15-10(12)13/h2-4,9-10,16H,1H3. The summed E-state index contributed by atoms with van der Waals surface area (Å²) in [6, 6.07) is 4.29. The molecule has 0 bridgehead atoms. The van der Waals surface area contributed by atoms with Crippen LogP contribution < -0.4 is 4.74 Å². The first-order chi connectivity index (χ1) is 7.41. The number of rotatable bonds is 4. The van der Waals surface area contributed by atoms with Gasteiger partial charge in [-0.1, -0.05) is 6.07 Å². The largest absolute Gasteiger partial charge is 0.434 e. The Hall–Kier alpha value is -0.810. The first kappa shape index (κ1) is 13.3. The lowest BCUT2D eigenvalue weighted by molar-refractivity contribution is -0.116. The quantitative estimate of drug-likeness (QED) is 0.667. The van der Waals surface area contributed by atoms with Crippen molar-refractivity contribution in [2.24, 2.45) is 0 Å². The van der Waals surface area contributed by atoms with Crippen LogP contribution in [0.4, 0.5) is 8.78 Å². The summed E-state index contributed by atoms with van der Waals surface area (Å²) in [6.45, 7) is -1.69. The predicted molar refractivity (Wildman–Crippen MR) is 59.6 cm³/mol. The van der Waals surface area contributed by atoms with Gasteiger partial charge < -0.3 is 4.74 Å². The maximum atomic E-state index is 12.1. The molecule has 1 aromatic rings. The third-order valence-electron chi connectivity index (χ3n) is 1.84. The summed E-state index contributed by atoms with van der Waals surface area (Å²) in [5.41, 5.74) is 0.215. The summed E-state index contributed by atoms with van der Waals surface area (Å²) in [6.07, 6.45) is 0. The average molecular weight is 267 g/mol. The summed E-state index contributed by atoms with van der Waals surface area (Å²) >= 11 is 9.77. The first-order valence-electron chi connectivity index (χ1n) is 4.34. The van der Waals surface area contributed by atoms with E-state index in [0.717, 1.165) is 0 Å². The molecule has 16 heavy (non-hydrogen) atoms. The van der Waals surface area contributed by atoms with E-state index < -0.39 is 12.0 Å². The summed E-state index contributed by atoms with van der Waals surface area (Å²) in [4.78, 5) is 11.5. The number of carbonyl (C=O) groups is 1. The van der Waals surface area contributed by atoms with E-state index in [9.17, 15) is 13.6 Å². The molecule has 0 radical (unpaired) electrons. The SMILES string of the molecule is CC(=O)C(Cl)c1ccc(S)cc1OC(F)F. The molecular formula is C10H9ClF2O2S. The molecule has 6 heteroatoms. The molecule has 0 saturated heterocycles. The molecular weight excluding hydrogens is 258 g/mol. The fraction of sp³-hybridized carbons (Fsp3) is 0.300. The Balaban J connectivity index is 3.11. The summed E-state index contributed by atoms with van der Waals surface area (Å²) in [7, 11) is 0. The summed E-state index contributed by atoms with van der Waals surface area (Å²) in [5, 5.41) is -0.998. The molecule has 0 fully saturated rings. The highest BCUT2D eigenvalue weighted by Gasteiger charge is 2.20. The molecule has 1 aromatic carbocycles. The van der Waals surface area contributed by atoms with Crippen LogP contribution in [0.2, 0.25) is 0 Å². The monoisotopic (exact) mass is 266 g/mol. The van der Waals surface area contributed by atoms with Crippen LogP contribution in [-0.2, 0) is 4.79 Å². The van der Waals surface area contributed by atoms with Crippen LogP contribution >= 0.6 is 24.2 Å². The van der Waals surface area contributed by atoms with E-state index in [2.05, 4.69) is 17.4 Å². The van der Waals surface area contributed by atoms with Crippen molar-refractivity contribution in [3.8, 4) is 5.75 Å². The van der Waals surface area contributed by atoms with Crippen molar-refractivity contribution in [1.82, 2.24) is 0 Å². The Morgan fingerprint density at radius 3 is 2.62 bits per heavy atom. The Bertz CT molecular complexity index is 398. The highest BCUT2D eigenvalue weighted by atomic mass is 35.5. The number of alkyl halides is 3. The zero-order valence-corrected chi connectivity index (χ0v) is 9.93. The van der Waals surface area contributed by atoms with Crippen molar-refractivity contribution in [3.05, 3.63) is 23.8 Å². The number of hydrogen-bond donors (Lipinski definition) is 1. The number of halogens is 3. The van der Waals surface area contributed by atoms with E-state index in [1.807, 2.05) is 0 Å². The van der Waals surface area contributed by atoms with Gasteiger partial charge in [0.1, 0.15) is 11.1 Å². The minimum atomic E-state index is -2.97. The molecule has 1 unspecified atom stereocenters. The summed E-state index contributed by atoms with van der Waals surface area (Å²) in [5.74, 6) is -0.467. The molecule has 0 N–H and O–H groups in total. The first-order valence-corrected chi connectivity index (χ1v) is 5.22. The van der Waals surface area contributed by atoms with Gasteiger partial charge in [-0.25, -0.2) is 0 Å². The molecule has 0 saturated carbocycles. The van der Waals surface area contributed by atoms with Crippen molar-refractivity contribution in [1.29, 1.82) is 0 Å². The zero-order valence-electron chi connectivity index (χ0n) is 8.28. The highest BCUT2D eigenvalue weighted by molar-refractivity contribution is 7.80. The van der Waals surface area contributed by atoms with E-state index in [1.54, 1.807) is 6.07 Å². The normalized spacial score (nSPS) is 12.6. The number of carbonyl (C=O) groups excluding carboxylic acids is 1. The molecule has 0 spiro atoms. The van der Waals surface area contributed by atoms with E-state index in [0.29, 0.717) is 4.90 Å². The Morgan fingerprint density at radius 1 is 1.50 bits per heavy atom. The van der Waals surface area contributed by atoms with Crippen LogP contribution in [0.1, 0.15) is 17.9 Å². The molecule has 0 heterocycles. The van der Waals surface area contributed by atoms with Crippen molar-refractivity contribution in [2.45, 2.75) is 23.8 Å². The number of hydrogen-bond acceptors (Lipinski definition) is 3. The zero-order chi connectivity index (χ0) is 12.3. The van der Waals surface area contributed by atoms with Gasteiger partial charge in [-0.2, -0.15) is 8.78 Å². The van der Waals surface area contributed by atoms with Crippen molar-refractivity contribution >= 4 is 30.0 Å². The maximum absolute atomic E-state index is 12.1. The van der Waals surface area contributed by atoms with E-state index in [1.165, 1.54) is 19.1 Å². The van der Waals surface area contributed by atoms with Crippen LogP contribution in [0, 0.1) is 0 Å². The lowest BCUT2D eigenvalue weighted by Crippen LogP contribution is -2.08. The number of thiol groups is 1. The molecule has 0 amide bonds. The lowest BCUT2D eigenvalue weighted by atomic mass is 10.1. The average Bonchev–Trinajstić information content (AvgIpc) is 2.15. The maximum Gasteiger partial charge on any atom is 0.387 e. The Kier molecular flexibility index (Phi) is 4.56. The lowest BCUT2D eigenvalue weighted by Gasteiger charge is -2.13. The van der Waals surface area contributed by atoms with Crippen LogP contribution in [0.5, 0.6) is 5.75 Å². The fourth-order valence-corrected chi connectivity index (χ4v) is 1.52. The van der Waals surface area contributed by atoms with Gasteiger partial charge in [0.2, 0.25) is 0 Å². The predicted octanol–water partition coefficient (Wildman–Crippen LogP) is 3.45. The minimum absolute atomic E-state index is 0.127. The number of benzene rings is 1. The number of ether oxygens (including phenoxy) is 1. The van der Waals surface area contributed by atoms with Gasteiger partial charge in [-0.3, -0.25) is 4.79 Å². The van der Waals surface area contributed by atoms with Gasteiger partial charge in [0, 0.05) is 10.5 Å². The molecule has 1 rings (SSSR count). The van der Waals surface area contributed by atoms with Gasteiger partial charge >= 0.3 is 6.61 Å². The van der Waals surface area contributed by atoms with E-state index >= 15 is 0 Å². The smallest absolute Gasteiger partial charge is 0.387 e. The highest BCUT2D eigenvalue weighted by Crippen LogP contribution is 2.33. The molecule has 2 nitrogen and oxygen atoms in total. The topological polar surface area (TPSA) is 26.3 Å². The number of Topliss-reactive ketones (excluding diaryl/α,β-unsaturated/α-hetero) is 1. The van der Waals surface area contributed by atoms with Crippen LogP contribution in [0.15, 0.2) is 23.1 Å². The van der Waals surface area contributed by atoms with Crippen LogP contribution in [0.3, 0.4) is 0 Å². The summed E-state index contributed by atoms with van der Waals surface area (Å²) < 4.78 is 28.5. The molecule has 0 aliphatic rings. The third-order valence-corrected chi connectivity index (χ3v) is 2.66.